The highest BCUT2D eigenvalue weighted by Crippen LogP contribution is 2.36. The third-order valence-electron chi connectivity index (χ3n) is 5.65. The maximum atomic E-state index is 13.2. The first kappa shape index (κ1) is 23.9. The molecule has 6 heteroatoms. The normalized spacial score (nSPS) is 18.7. The Morgan fingerprint density at radius 1 is 0.969 bits per heavy atom. The Kier molecular flexibility index (Phi) is 8.77. The third-order valence-corrected chi connectivity index (χ3v) is 5.65. The van der Waals surface area contributed by atoms with Gasteiger partial charge in [-0.15, -0.1) is 12.4 Å². The van der Waals surface area contributed by atoms with Crippen LogP contribution >= 0.6 is 12.4 Å². The number of hydrogen-bond donors (Lipinski definition) is 1. The van der Waals surface area contributed by atoms with Crippen molar-refractivity contribution in [2.45, 2.75) is 19.3 Å². The summed E-state index contributed by atoms with van der Waals surface area (Å²) in [5.41, 5.74) is 2.50. The molecular weight excluding hydrogens is 429 g/mol. The molecule has 0 aromatic heterocycles. The maximum absolute atomic E-state index is 13.2. The van der Waals surface area contributed by atoms with Gasteiger partial charge in [-0.05, 0) is 55.6 Å². The molecule has 0 amide bonds. The molecule has 32 heavy (non-hydrogen) atoms. The zero-order valence-corrected chi connectivity index (χ0v) is 18.9. The number of ether oxygens (including phenoxy) is 3. The van der Waals surface area contributed by atoms with E-state index in [1.165, 1.54) is 23.3 Å². The zero-order chi connectivity index (χ0) is 21.5. The first-order valence-corrected chi connectivity index (χ1v) is 10.7. The molecule has 1 N–H and O–H groups in total. The van der Waals surface area contributed by atoms with E-state index in [-0.39, 0.29) is 25.0 Å². The molecule has 3 aromatic carbocycles. The summed E-state index contributed by atoms with van der Waals surface area (Å²) < 4.78 is 29.9. The van der Waals surface area contributed by atoms with Crippen molar-refractivity contribution < 1.29 is 18.6 Å². The third kappa shape index (κ3) is 6.38. The molecule has 2 atom stereocenters. The van der Waals surface area contributed by atoms with Gasteiger partial charge in [-0.1, -0.05) is 48.0 Å². The zero-order valence-electron chi connectivity index (χ0n) is 18.1. The van der Waals surface area contributed by atoms with E-state index in [0.29, 0.717) is 18.4 Å². The second kappa shape index (κ2) is 11.7. The largest absolute Gasteiger partial charge is 0.493 e. The lowest BCUT2D eigenvalue weighted by atomic mass is 9.81. The van der Waals surface area contributed by atoms with E-state index in [1.54, 1.807) is 0 Å². The summed E-state index contributed by atoms with van der Waals surface area (Å²) in [4.78, 5) is 0. The molecule has 2 aliphatic rings. The van der Waals surface area contributed by atoms with Gasteiger partial charge in [-0.2, -0.15) is 0 Å². The summed E-state index contributed by atoms with van der Waals surface area (Å²) in [5.74, 6) is 2.79. The van der Waals surface area contributed by atoms with Gasteiger partial charge in [0, 0.05) is 18.5 Å². The molecule has 3 aromatic rings. The van der Waals surface area contributed by atoms with Crippen LogP contribution in [0.1, 0.15) is 23.5 Å². The van der Waals surface area contributed by atoms with E-state index in [9.17, 15) is 4.39 Å². The minimum absolute atomic E-state index is 0. The van der Waals surface area contributed by atoms with Crippen molar-refractivity contribution in [1.82, 2.24) is 5.32 Å². The molecule has 1 saturated heterocycles. The molecule has 2 aliphatic heterocycles. The molecule has 0 aliphatic carbocycles. The maximum Gasteiger partial charge on any atom is 0.231 e. The van der Waals surface area contributed by atoms with Gasteiger partial charge >= 0.3 is 0 Å². The smallest absolute Gasteiger partial charge is 0.231 e. The molecule has 5 rings (SSSR count). The van der Waals surface area contributed by atoms with Crippen LogP contribution in [-0.4, -0.2) is 26.5 Å². The minimum Gasteiger partial charge on any atom is -0.493 e. The van der Waals surface area contributed by atoms with Crippen LogP contribution in [0.4, 0.5) is 4.39 Å². The summed E-state index contributed by atoms with van der Waals surface area (Å²) in [5, 5.41) is 3.43. The molecule has 0 radical (unpaired) electrons. The van der Waals surface area contributed by atoms with Gasteiger partial charge < -0.3 is 19.5 Å². The van der Waals surface area contributed by atoms with Crippen molar-refractivity contribution >= 4 is 12.4 Å². The number of fused-ring (bicyclic) bond motifs is 1. The summed E-state index contributed by atoms with van der Waals surface area (Å²) in [7, 11) is 0. The SMILES string of the molecule is Cc1ccccc1.Cl.Fc1ccc([C@@H]2CCNC[C@H]2COc2ccc3c(c2)OCO3)cc1. The van der Waals surface area contributed by atoms with Crippen LogP contribution in [-0.2, 0) is 0 Å². The van der Waals surface area contributed by atoms with Crippen molar-refractivity contribution in [2.75, 3.05) is 26.5 Å². The van der Waals surface area contributed by atoms with Gasteiger partial charge in [0.15, 0.2) is 11.5 Å². The Morgan fingerprint density at radius 2 is 1.72 bits per heavy atom. The summed E-state index contributed by atoms with van der Waals surface area (Å²) in [6.07, 6.45) is 1.03. The predicted molar refractivity (Wildman–Crippen MR) is 127 cm³/mol. The fourth-order valence-corrected chi connectivity index (χ4v) is 3.95. The second-order valence-corrected chi connectivity index (χ2v) is 7.89. The van der Waals surface area contributed by atoms with Gasteiger partial charge in [0.1, 0.15) is 11.6 Å². The number of benzene rings is 3. The lowest BCUT2D eigenvalue weighted by Gasteiger charge is -2.32. The van der Waals surface area contributed by atoms with Crippen LogP contribution < -0.4 is 19.5 Å². The molecule has 4 nitrogen and oxygen atoms in total. The number of piperidine rings is 1. The van der Waals surface area contributed by atoms with E-state index >= 15 is 0 Å². The quantitative estimate of drug-likeness (QED) is 0.542. The van der Waals surface area contributed by atoms with E-state index in [0.717, 1.165) is 36.8 Å². The molecule has 0 saturated carbocycles. The summed E-state index contributed by atoms with van der Waals surface area (Å²) >= 11 is 0. The van der Waals surface area contributed by atoms with Crippen molar-refractivity contribution in [3.8, 4) is 17.2 Å². The van der Waals surface area contributed by atoms with E-state index in [1.807, 2.05) is 48.5 Å². The van der Waals surface area contributed by atoms with Crippen LogP contribution in [0.5, 0.6) is 17.2 Å². The van der Waals surface area contributed by atoms with Crippen molar-refractivity contribution in [1.29, 1.82) is 0 Å². The highest BCUT2D eigenvalue weighted by molar-refractivity contribution is 5.85. The van der Waals surface area contributed by atoms with Gasteiger partial charge in [-0.3, -0.25) is 0 Å². The number of aryl methyl sites for hydroxylation is 1. The number of hydrogen-bond acceptors (Lipinski definition) is 4. The van der Waals surface area contributed by atoms with Crippen LogP contribution in [0.25, 0.3) is 0 Å². The Labute approximate surface area is 195 Å². The van der Waals surface area contributed by atoms with Crippen LogP contribution in [0.15, 0.2) is 72.8 Å². The van der Waals surface area contributed by atoms with E-state index in [4.69, 9.17) is 14.2 Å². The number of nitrogens with one attached hydrogen (secondary N) is 1. The van der Waals surface area contributed by atoms with Crippen LogP contribution in [0.3, 0.4) is 0 Å². The fourth-order valence-electron chi connectivity index (χ4n) is 3.95. The van der Waals surface area contributed by atoms with Gasteiger partial charge in [-0.25, -0.2) is 4.39 Å². The molecule has 0 bridgehead atoms. The van der Waals surface area contributed by atoms with Gasteiger partial charge in [0.05, 0.1) is 6.61 Å². The van der Waals surface area contributed by atoms with Crippen LogP contribution in [0, 0.1) is 18.7 Å². The van der Waals surface area contributed by atoms with Crippen LogP contribution in [0.2, 0.25) is 0 Å². The lowest BCUT2D eigenvalue weighted by Crippen LogP contribution is -2.38. The second-order valence-electron chi connectivity index (χ2n) is 7.89. The first-order chi connectivity index (χ1) is 15.2. The Hall–Kier alpha value is -2.76. The Morgan fingerprint density at radius 3 is 2.44 bits per heavy atom. The van der Waals surface area contributed by atoms with Crippen molar-refractivity contribution in [3.05, 3.63) is 89.7 Å². The highest BCUT2D eigenvalue weighted by atomic mass is 35.5. The minimum atomic E-state index is -0.194. The molecule has 0 unspecified atom stereocenters. The fraction of sp³-hybridized carbons (Fsp3) is 0.308. The Balaban J connectivity index is 0.000000311. The van der Waals surface area contributed by atoms with Crippen molar-refractivity contribution in [3.63, 3.8) is 0 Å². The number of halogens is 2. The highest BCUT2D eigenvalue weighted by Gasteiger charge is 2.27. The summed E-state index contributed by atoms with van der Waals surface area (Å²) in [6.45, 7) is 4.82. The van der Waals surface area contributed by atoms with E-state index in [2.05, 4.69) is 24.4 Å². The van der Waals surface area contributed by atoms with Crippen molar-refractivity contribution in [2.24, 2.45) is 5.92 Å². The Bertz CT molecular complexity index is 969. The predicted octanol–water partition coefficient (Wildman–Crippen LogP) is 5.74. The lowest BCUT2D eigenvalue weighted by molar-refractivity contribution is 0.173. The molecule has 0 spiro atoms. The average Bonchev–Trinajstić information content (AvgIpc) is 3.27. The molecular formula is C26H29ClFNO3. The first-order valence-electron chi connectivity index (χ1n) is 10.7. The van der Waals surface area contributed by atoms with E-state index < -0.39 is 0 Å². The molecule has 2 heterocycles. The average molecular weight is 458 g/mol. The monoisotopic (exact) mass is 457 g/mol. The van der Waals surface area contributed by atoms with Gasteiger partial charge in [0.2, 0.25) is 6.79 Å². The molecule has 1 fully saturated rings. The summed E-state index contributed by atoms with van der Waals surface area (Å²) in [6, 6.07) is 22.7. The van der Waals surface area contributed by atoms with Gasteiger partial charge in [0.25, 0.3) is 0 Å². The standard InChI is InChI=1S/C19H20FNO3.C7H8.ClH/c20-15-3-1-13(2-4-15)17-7-8-21-10-14(17)11-22-16-5-6-18-19(9-16)24-12-23-18;1-7-5-3-2-4-6-7;/h1-6,9,14,17,21H,7-8,10-12H2;2-6H,1H3;1H/t14-,17-;;/m0../s1. The number of rotatable bonds is 4. The molecule has 170 valence electrons. The topological polar surface area (TPSA) is 39.7 Å².